The van der Waals surface area contributed by atoms with Gasteiger partial charge in [0.05, 0.1) is 5.70 Å². The summed E-state index contributed by atoms with van der Waals surface area (Å²) in [6.45, 7) is 14.2. The Kier molecular flexibility index (Phi) is 7.23. The van der Waals surface area contributed by atoms with Gasteiger partial charge in [0.15, 0.2) is 5.70 Å². The van der Waals surface area contributed by atoms with E-state index in [-0.39, 0.29) is 5.70 Å². The zero-order chi connectivity index (χ0) is 23.4. The molecule has 0 spiro atoms. The molecule has 4 rings (SSSR count). The molecule has 6 nitrogen and oxygen atoms in total. The van der Waals surface area contributed by atoms with E-state index < -0.39 is 5.97 Å². The summed E-state index contributed by atoms with van der Waals surface area (Å²) in [6.07, 6.45) is 11.9. The number of piperazine rings is 1. The minimum atomic E-state index is -0.968. The van der Waals surface area contributed by atoms with Crippen molar-refractivity contribution >= 4 is 11.7 Å². The van der Waals surface area contributed by atoms with E-state index in [9.17, 15) is 9.90 Å². The van der Waals surface area contributed by atoms with E-state index in [4.69, 9.17) is 0 Å². The van der Waals surface area contributed by atoms with E-state index >= 15 is 0 Å². The zero-order valence-corrected chi connectivity index (χ0v) is 19.9. The van der Waals surface area contributed by atoms with Gasteiger partial charge in [-0.05, 0) is 74.1 Å². The molecule has 2 N–H and O–H groups in total. The predicted molar refractivity (Wildman–Crippen MR) is 134 cm³/mol. The van der Waals surface area contributed by atoms with Crippen molar-refractivity contribution in [1.29, 1.82) is 0 Å². The Labute approximate surface area is 197 Å². The summed E-state index contributed by atoms with van der Waals surface area (Å²) >= 11 is 0. The molecule has 1 aliphatic carbocycles. The largest absolute Gasteiger partial charge is 0.476 e. The first-order chi connectivity index (χ1) is 16.0. The van der Waals surface area contributed by atoms with Gasteiger partial charge in [0.2, 0.25) is 0 Å². The Hall–Kier alpha value is -2.99. The summed E-state index contributed by atoms with van der Waals surface area (Å²) in [5.74, 6) is -0.968. The SMILES string of the molecule is C=C1C=CC(NCc2ccc(N3CCN(CC)CC3)c3c2CCCC3)=C(C(=O)O)N1/C=C\C. The highest BCUT2D eigenvalue weighted by Gasteiger charge is 2.25. The van der Waals surface area contributed by atoms with Gasteiger partial charge in [0, 0.05) is 50.3 Å². The van der Waals surface area contributed by atoms with Crippen LogP contribution in [0.15, 0.2) is 60.2 Å². The summed E-state index contributed by atoms with van der Waals surface area (Å²) < 4.78 is 0. The minimum absolute atomic E-state index is 0.208. The summed E-state index contributed by atoms with van der Waals surface area (Å²) in [5.41, 5.74) is 7.09. The topological polar surface area (TPSA) is 59.1 Å². The lowest BCUT2D eigenvalue weighted by atomic mass is 9.86. The van der Waals surface area contributed by atoms with Gasteiger partial charge in [-0.3, -0.25) is 0 Å². The first-order valence-electron chi connectivity index (χ1n) is 12.1. The molecule has 1 fully saturated rings. The fraction of sp³-hybridized carbons (Fsp3) is 0.444. The van der Waals surface area contributed by atoms with Crippen molar-refractivity contribution in [2.75, 3.05) is 37.6 Å². The molecule has 1 aromatic carbocycles. The summed E-state index contributed by atoms with van der Waals surface area (Å²) in [4.78, 5) is 18.7. The van der Waals surface area contributed by atoms with Gasteiger partial charge in [-0.15, -0.1) is 0 Å². The van der Waals surface area contributed by atoms with Crippen LogP contribution in [0.3, 0.4) is 0 Å². The number of anilines is 1. The molecule has 0 atom stereocenters. The number of carboxylic acid groups (broad SMARTS) is 1. The van der Waals surface area contributed by atoms with Crippen molar-refractivity contribution in [2.24, 2.45) is 0 Å². The third-order valence-electron chi connectivity index (χ3n) is 6.99. The monoisotopic (exact) mass is 448 g/mol. The summed E-state index contributed by atoms with van der Waals surface area (Å²) in [6, 6.07) is 4.54. The number of nitrogens with one attached hydrogen (secondary N) is 1. The van der Waals surface area contributed by atoms with Crippen molar-refractivity contribution in [3.05, 3.63) is 76.9 Å². The van der Waals surface area contributed by atoms with Crippen LogP contribution in [0.1, 0.15) is 43.4 Å². The lowest BCUT2D eigenvalue weighted by molar-refractivity contribution is -0.134. The van der Waals surface area contributed by atoms with E-state index in [0.717, 1.165) is 45.6 Å². The lowest BCUT2D eigenvalue weighted by Crippen LogP contribution is -2.46. The molecule has 0 aromatic heterocycles. The highest BCUT2D eigenvalue weighted by molar-refractivity contribution is 5.88. The number of aliphatic carboxylic acids is 1. The van der Waals surface area contributed by atoms with Crippen molar-refractivity contribution in [2.45, 2.75) is 46.1 Å². The number of carboxylic acids is 1. The average molecular weight is 449 g/mol. The molecule has 6 heteroatoms. The van der Waals surface area contributed by atoms with E-state index in [2.05, 4.69) is 40.8 Å². The van der Waals surface area contributed by atoms with Gasteiger partial charge in [-0.1, -0.05) is 25.6 Å². The number of fused-ring (bicyclic) bond motifs is 1. The van der Waals surface area contributed by atoms with Crippen LogP contribution >= 0.6 is 0 Å². The Morgan fingerprint density at radius 3 is 2.52 bits per heavy atom. The summed E-state index contributed by atoms with van der Waals surface area (Å²) in [7, 11) is 0. The highest BCUT2D eigenvalue weighted by atomic mass is 16.4. The second-order valence-corrected chi connectivity index (χ2v) is 8.93. The number of benzene rings is 1. The van der Waals surface area contributed by atoms with Gasteiger partial charge < -0.3 is 25.1 Å². The molecule has 0 amide bonds. The van der Waals surface area contributed by atoms with Crippen molar-refractivity contribution in [3.8, 4) is 0 Å². The fourth-order valence-corrected chi connectivity index (χ4v) is 5.17. The van der Waals surface area contributed by atoms with Gasteiger partial charge in [0.1, 0.15) is 0 Å². The van der Waals surface area contributed by atoms with Crippen LogP contribution in [-0.4, -0.2) is 53.6 Å². The molecule has 33 heavy (non-hydrogen) atoms. The molecular formula is C27H36N4O2. The molecule has 2 aliphatic heterocycles. The third kappa shape index (κ3) is 4.86. The zero-order valence-electron chi connectivity index (χ0n) is 19.9. The fourth-order valence-electron chi connectivity index (χ4n) is 5.17. The summed E-state index contributed by atoms with van der Waals surface area (Å²) in [5, 5.41) is 13.3. The molecule has 3 aliphatic rings. The van der Waals surface area contributed by atoms with Crippen LogP contribution < -0.4 is 10.2 Å². The quantitative estimate of drug-likeness (QED) is 0.657. The average Bonchev–Trinajstić information content (AvgIpc) is 2.84. The van der Waals surface area contributed by atoms with E-state index in [1.807, 2.05) is 25.2 Å². The first kappa shape index (κ1) is 23.2. The number of nitrogens with zero attached hydrogens (tertiary/aromatic N) is 3. The van der Waals surface area contributed by atoms with Crippen LogP contribution in [-0.2, 0) is 24.2 Å². The third-order valence-corrected chi connectivity index (χ3v) is 6.99. The Morgan fingerprint density at radius 2 is 1.85 bits per heavy atom. The molecule has 0 bridgehead atoms. The lowest BCUT2D eigenvalue weighted by Gasteiger charge is -2.38. The van der Waals surface area contributed by atoms with Gasteiger partial charge >= 0.3 is 5.97 Å². The minimum Gasteiger partial charge on any atom is -0.476 e. The Morgan fingerprint density at radius 1 is 1.12 bits per heavy atom. The van der Waals surface area contributed by atoms with Crippen LogP contribution in [0.5, 0.6) is 0 Å². The number of carbonyl (C=O) groups is 1. The number of hydrogen-bond acceptors (Lipinski definition) is 5. The van der Waals surface area contributed by atoms with E-state index in [1.165, 1.54) is 35.2 Å². The molecule has 176 valence electrons. The molecular weight excluding hydrogens is 412 g/mol. The first-order valence-corrected chi connectivity index (χ1v) is 12.1. The molecule has 1 saturated heterocycles. The second-order valence-electron chi connectivity index (χ2n) is 8.93. The van der Waals surface area contributed by atoms with Gasteiger partial charge in [0.25, 0.3) is 0 Å². The van der Waals surface area contributed by atoms with Crippen LogP contribution in [0.2, 0.25) is 0 Å². The van der Waals surface area contributed by atoms with Crippen LogP contribution in [0, 0.1) is 0 Å². The van der Waals surface area contributed by atoms with Gasteiger partial charge in [-0.25, -0.2) is 4.79 Å². The molecule has 0 saturated carbocycles. The number of likely N-dealkylation sites (N-methyl/N-ethyl adjacent to an activating group) is 1. The number of allylic oxidation sites excluding steroid dienone is 3. The molecule has 0 radical (unpaired) electrons. The maximum absolute atomic E-state index is 12.0. The van der Waals surface area contributed by atoms with Crippen molar-refractivity contribution in [3.63, 3.8) is 0 Å². The normalized spacial score (nSPS) is 19.4. The molecule has 1 aromatic rings. The van der Waals surface area contributed by atoms with Crippen LogP contribution in [0.25, 0.3) is 0 Å². The van der Waals surface area contributed by atoms with Crippen LogP contribution in [0.4, 0.5) is 5.69 Å². The number of hydrogen-bond donors (Lipinski definition) is 2. The van der Waals surface area contributed by atoms with Crippen molar-refractivity contribution in [1.82, 2.24) is 15.1 Å². The Balaban J connectivity index is 1.58. The van der Waals surface area contributed by atoms with Crippen molar-refractivity contribution < 1.29 is 9.90 Å². The Bertz CT molecular complexity index is 1000. The van der Waals surface area contributed by atoms with E-state index in [0.29, 0.717) is 17.9 Å². The standard InChI is InChI=1S/C27H36N4O2/c1-4-14-31-20(3)10-12-24(26(31)27(32)33)28-19-21-11-13-25(23-9-7-6-8-22(21)23)30-17-15-29(5-2)16-18-30/h4,10-14,28H,3,5-9,15-19H2,1-2H3,(H,32,33)/b14-4-. The molecule has 0 unspecified atom stereocenters. The number of rotatable bonds is 7. The predicted octanol–water partition coefficient (Wildman–Crippen LogP) is 4.01. The van der Waals surface area contributed by atoms with Gasteiger partial charge in [-0.2, -0.15) is 0 Å². The maximum Gasteiger partial charge on any atom is 0.355 e. The smallest absolute Gasteiger partial charge is 0.355 e. The van der Waals surface area contributed by atoms with E-state index in [1.54, 1.807) is 11.1 Å². The maximum atomic E-state index is 12.0. The molecule has 2 heterocycles. The highest BCUT2D eigenvalue weighted by Crippen LogP contribution is 2.34. The second kappa shape index (κ2) is 10.3.